The van der Waals surface area contributed by atoms with Crippen molar-refractivity contribution in [2.24, 2.45) is 0 Å². The zero-order valence-corrected chi connectivity index (χ0v) is 15.8. The monoisotopic (exact) mass is 384 g/mol. The van der Waals surface area contributed by atoms with Crippen LogP contribution in [0.4, 0.5) is 0 Å². The van der Waals surface area contributed by atoms with Crippen molar-refractivity contribution in [3.8, 4) is 16.9 Å². The SMILES string of the molecule is COc1ccc(S(=O)(=O)NC(C)Cc2cnccn2)cc1-c1cccnc1. The highest BCUT2D eigenvalue weighted by molar-refractivity contribution is 7.89. The summed E-state index contributed by atoms with van der Waals surface area (Å²) in [5.74, 6) is 0.578. The molecule has 1 aromatic carbocycles. The lowest BCUT2D eigenvalue weighted by atomic mass is 10.1. The number of rotatable bonds is 7. The molecule has 0 saturated heterocycles. The fraction of sp³-hybridized carbons (Fsp3) is 0.211. The molecular weight excluding hydrogens is 364 g/mol. The number of benzene rings is 1. The summed E-state index contributed by atoms with van der Waals surface area (Å²) in [5.41, 5.74) is 2.16. The highest BCUT2D eigenvalue weighted by Gasteiger charge is 2.20. The molecule has 0 saturated carbocycles. The summed E-state index contributed by atoms with van der Waals surface area (Å²) >= 11 is 0. The Kier molecular flexibility index (Phi) is 5.78. The first-order valence-electron chi connectivity index (χ1n) is 8.35. The van der Waals surface area contributed by atoms with Gasteiger partial charge in [-0.05, 0) is 31.2 Å². The second kappa shape index (κ2) is 8.24. The number of methoxy groups -OCH3 is 1. The normalized spacial score (nSPS) is 12.5. The van der Waals surface area contributed by atoms with Gasteiger partial charge >= 0.3 is 0 Å². The Hall–Kier alpha value is -2.84. The maximum absolute atomic E-state index is 12.8. The molecule has 3 aromatic rings. The largest absolute Gasteiger partial charge is 0.496 e. The predicted octanol–water partition coefficient (Wildman–Crippen LogP) is 2.46. The summed E-state index contributed by atoms with van der Waals surface area (Å²) in [4.78, 5) is 12.4. The number of pyridine rings is 1. The molecule has 0 fully saturated rings. The van der Waals surface area contributed by atoms with Gasteiger partial charge in [-0.2, -0.15) is 0 Å². The van der Waals surface area contributed by atoms with Crippen molar-refractivity contribution in [3.05, 3.63) is 67.0 Å². The third-order valence-corrected chi connectivity index (χ3v) is 5.53. The van der Waals surface area contributed by atoms with E-state index < -0.39 is 10.0 Å². The standard InChI is InChI=1S/C19H20N4O3S/c1-14(10-16-13-21-8-9-22-16)23-27(24,25)17-5-6-19(26-2)18(11-17)15-4-3-7-20-12-15/h3-9,11-14,23H,10H2,1-2H3. The molecule has 3 rings (SSSR count). The Balaban J connectivity index is 1.86. The van der Waals surface area contributed by atoms with E-state index in [1.807, 2.05) is 6.07 Å². The lowest BCUT2D eigenvalue weighted by Gasteiger charge is -2.15. The van der Waals surface area contributed by atoms with Crippen LogP contribution in [0.1, 0.15) is 12.6 Å². The average molecular weight is 384 g/mol. The van der Waals surface area contributed by atoms with Gasteiger partial charge in [-0.25, -0.2) is 13.1 Å². The molecule has 0 aliphatic carbocycles. The van der Waals surface area contributed by atoms with Gasteiger partial charge in [0, 0.05) is 54.6 Å². The van der Waals surface area contributed by atoms with Gasteiger partial charge in [0.2, 0.25) is 10.0 Å². The maximum Gasteiger partial charge on any atom is 0.240 e. The lowest BCUT2D eigenvalue weighted by molar-refractivity contribution is 0.416. The van der Waals surface area contributed by atoms with E-state index in [9.17, 15) is 8.42 Å². The van der Waals surface area contributed by atoms with Crippen LogP contribution >= 0.6 is 0 Å². The first kappa shape index (κ1) is 18.9. The number of nitrogens with zero attached hydrogens (tertiary/aromatic N) is 3. The number of sulfonamides is 1. The van der Waals surface area contributed by atoms with Crippen molar-refractivity contribution in [2.75, 3.05) is 7.11 Å². The van der Waals surface area contributed by atoms with Crippen molar-refractivity contribution in [3.63, 3.8) is 0 Å². The number of nitrogens with one attached hydrogen (secondary N) is 1. The molecule has 2 aromatic heterocycles. The molecule has 0 spiro atoms. The van der Waals surface area contributed by atoms with Crippen LogP contribution in [0.5, 0.6) is 5.75 Å². The smallest absolute Gasteiger partial charge is 0.240 e. The molecule has 0 aliphatic heterocycles. The van der Waals surface area contributed by atoms with E-state index in [2.05, 4.69) is 19.7 Å². The van der Waals surface area contributed by atoms with E-state index in [4.69, 9.17) is 4.74 Å². The predicted molar refractivity (Wildman–Crippen MR) is 102 cm³/mol. The molecule has 0 aliphatic rings. The highest BCUT2D eigenvalue weighted by atomic mass is 32.2. The first-order valence-corrected chi connectivity index (χ1v) is 9.83. The van der Waals surface area contributed by atoms with Crippen LogP contribution < -0.4 is 9.46 Å². The Morgan fingerprint density at radius 1 is 1.11 bits per heavy atom. The van der Waals surface area contributed by atoms with Crippen LogP contribution in [0.3, 0.4) is 0 Å². The Morgan fingerprint density at radius 3 is 2.59 bits per heavy atom. The van der Waals surface area contributed by atoms with Gasteiger partial charge in [0.15, 0.2) is 0 Å². The Bertz CT molecular complexity index is 996. The number of aromatic nitrogens is 3. The fourth-order valence-corrected chi connectivity index (χ4v) is 3.99. The molecule has 0 bridgehead atoms. The molecule has 7 nitrogen and oxygen atoms in total. The minimum Gasteiger partial charge on any atom is -0.496 e. The Labute approximate surface area is 158 Å². The van der Waals surface area contributed by atoms with E-state index in [1.54, 1.807) is 63.2 Å². The van der Waals surface area contributed by atoms with Crippen LogP contribution in [-0.2, 0) is 16.4 Å². The van der Waals surface area contributed by atoms with Gasteiger partial charge in [0.05, 0.1) is 17.7 Å². The van der Waals surface area contributed by atoms with Gasteiger partial charge in [0.25, 0.3) is 0 Å². The molecule has 1 N–H and O–H groups in total. The zero-order valence-electron chi connectivity index (χ0n) is 15.0. The van der Waals surface area contributed by atoms with Crippen LogP contribution in [-0.4, -0.2) is 36.5 Å². The second-order valence-corrected chi connectivity index (χ2v) is 7.74. The second-order valence-electron chi connectivity index (χ2n) is 6.03. The summed E-state index contributed by atoms with van der Waals surface area (Å²) < 4.78 is 33.7. The van der Waals surface area contributed by atoms with Crippen LogP contribution in [0.15, 0.2) is 66.2 Å². The van der Waals surface area contributed by atoms with Crippen molar-refractivity contribution in [2.45, 2.75) is 24.3 Å². The molecule has 0 radical (unpaired) electrons. The fourth-order valence-electron chi connectivity index (χ4n) is 2.73. The van der Waals surface area contributed by atoms with Crippen molar-refractivity contribution in [1.82, 2.24) is 19.7 Å². The molecule has 2 heterocycles. The molecular formula is C19H20N4O3S. The molecule has 27 heavy (non-hydrogen) atoms. The van der Waals surface area contributed by atoms with Crippen molar-refractivity contribution >= 4 is 10.0 Å². The van der Waals surface area contributed by atoms with Crippen LogP contribution in [0.25, 0.3) is 11.1 Å². The average Bonchev–Trinajstić information content (AvgIpc) is 2.68. The third-order valence-electron chi connectivity index (χ3n) is 3.94. The van der Waals surface area contributed by atoms with Gasteiger partial charge in [-0.3, -0.25) is 15.0 Å². The molecule has 1 unspecified atom stereocenters. The van der Waals surface area contributed by atoms with E-state index >= 15 is 0 Å². The molecule has 140 valence electrons. The molecule has 1 atom stereocenters. The van der Waals surface area contributed by atoms with Crippen molar-refractivity contribution < 1.29 is 13.2 Å². The highest BCUT2D eigenvalue weighted by Crippen LogP contribution is 2.31. The van der Waals surface area contributed by atoms with Crippen molar-refractivity contribution in [1.29, 1.82) is 0 Å². The number of hydrogen-bond acceptors (Lipinski definition) is 6. The van der Waals surface area contributed by atoms with E-state index in [1.165, 1.54) is 6.07 Å². The molecule has 8 heteroatoms. The summed E-state index contributed by atoms with van der Waals surface area (Å²) in [5, 5.41) is 0. The van der Waals surface area contributed by atoms with Crippen LogP contribution in [0.2, 0.25) is 0 Å². The topological polar surface area (TPSA) is 94.1 Å². The maximum atomic E-state index is 12.8. The summed E-state index contributed by atoms with van der Waals surface area (Å²) in [6.45, 7) is 1.79. The minimum absolute atomic E-state index is 0.160. The van der Waals surface area contributed by atoms with Gasteiger partial charge < -0.3 is 4.74 Å². The van der Waals surface area contributed by atoms with Gasteiger partial charge in [0.1, 0.15) is 5.75 Å². The zero-order chi connectivity index (χ0) is 19.3. The van der Waals surface area contributed by atoms with Gasteiger partial charge in [-0.1, -0.05) is 6.07 Å². The first-order chi connectivity index (χ1) is 13.0. The van der Waals surface area contributed by atoms with E-state index in [0.717, 1.165) is 11.3 Å². The summed E-state index contributed by atoms with van der Waals surface area (Å²) in [6.07, 6.45) is 8.55. The summed E-state index contributed by atoms with van der Waals surface area (Å²) in [7, 11) is -2.16. The van der Waals surface area contributed by atoms with E-state index in [-0.39, 0.29) is 10.9 Å². The minimum atomic E-state index is -3.71. The number of ether oxygens (including phenoxy) is 1. The number of hydrogen-bond donors (Lipinski definition) is 1. The molecule has 0 amide bonds. The van der Waals surface area contributed by atoms with E-state index in [0.29, 0.717) is 17.7 Å². The van der Waals surface area contributed by atoms with Crippen LogP contribution in [0, 0.1) is 0 Å². The lowest BCUT2D eigenvalue weighted by Crippen LogP contribution is -2.34. The summed E-state index contributed by atoms with van der Waals surface area (Å²) in [6, 6.07) is 8.06. The quantitative estimate of drug-likeness (QED) is 0.672. The Morgan fingerprint density at radius 2 is 1.93 bits per heavy atom. The third kappa shape index (κ3) is 4.66. The van der Waals surface area contributed by atoms with Gasteiger partial charge in [-0.15, -0.1) is 0 Å².